The number of rotatable bonds is 3. The minimum absolute atomic E-state index is 0.105. The first-order chi connectivity index (χ1) is 12.0. The fourth-order valence-electron chi connectivity index (χ4n) is 4.10. The molecule has 2 heterocycles. The van der Waals surface area contributed by atoms with Crippen LogP contribution in [-0.4, -0.2) is 47.3 Å². The van der Waals surface area contributed by atoms with E-state index < -0.39 is 5.60 Å². The molecule has 1 atom stereocenters. The fraction of sp³-hybridized carbons (Fsp3) is 0.650. The first-order valence-corrected chi connectivity index (χ1v) is 9.61. The van der Waals surface area contributed by atoms with Gasteiger partial charge in [0, 0.05) is 19.6 Å². The minimum atomic E-state index is -0.877. The summed E-state index contributed by atoms with van der Waals surface area (Å²) in [6.45, 7) is 6.36. The van der Waals surface area contributed by atoms with Crippen LogP contribution in [0.5, 0.6) is 0 Å². The fourth-order valence-corrected chi connectivity index (χ4v) is 4.10. The van der Waals surface area contributed by atoms with Crippen molar-refractivity contribution < 1.29 is 9.90 Å². The van der Waals surface area contributed by atoms with Crippen molar-refractivity contribution in [2.45, 2.75) is 64.0 Å². The van der Waals surface area contributed by atoms with Crippen molar-refractivity contribution in [2.75, 3.05) is 29.9 Å². The summed E-state index contributed by atoms with van der Waals surface area (Å²) in [5, 5.41) is 13.5. The van der Waals surface area contributed by atoms with Crippen LogP contribution in [0.1, 0.15) is 52.4 Å². The van der Waals surface area contributed by atoms with Crippen LogP contribution in [0.15, 0.2) is 24.3 Å². The van der Waals surface area contributed by atoms with Gasteiger partial charge in [-0.2, -0.15) is 0 Å². The number of hydrogen-bond acceptors (Lipinski definition) is 3. The molecule has 0 saturated carbocycles. The van der Waals surface area contributed by atoms with Crippen LogP contribution in [0.2, 0.25) is 0 Å². The Bertz CT molecular complexity index is 589. The molecule has 0 aromatic heterocycles. The molecule has 5 heteroatoms. The summed E-state index contributed by atoms with van der Waals surface area (Å²) in [4.78, 5) is 17.0. The molecule has 5 nitrogen and oxygen atoms in total. The number of para-hydroxylation sites is 2. The third kappa shape index (κ3) is 4.27. The largest absolute Gasteiger partial charge is 0.388 e. The molecule has 0 radical (unpaired) electrons. The van der Waals surface area contributed by atoms with Gasteiger partial charge < -0.3 is 20.2 Å². The van der Waals surface area contributed by atoms with E-state index in [2.05, 4.69) is 16.3 Å². The molecule has 2 saturated heterocycles. The molecule has 2 aliphatic rings. The highest BCUT2D eigenvalue weighted by atomic mass is 16.3. The number of carbonyl (C=O) groups excluding carboxylic acids is 1. The molecule has 2 N–H and O–H groups in total. The van der Waals surface area contributed by atoms with E-state index in [0.717, 1.165) is 37.3 Å². The quantitative estimate of drug-likeness (QED) is 0.875. The third-order valence-corrected chi connectivity index (χ3v) is 5.42. The molecule has 25 heavy (non-hydrogen) atoms. The van der Waals surface area contributed by atoms with Crippen molar-refractivity contribution in [2.24, 2.45) is 0 Å². The van der Waals surface area contributed by atoms with E-state index in [1.807, 2.05) is 18.2 Å². The maximum absolute atomic E-state index is 12.9. The molecule has 1 aromatic carbocycles. The van der Waals surface area contributed by atoms with Crippen molar-refractivity contribution in [1.29, 1.82) is 0 Å². The van der Waals surface area contributed by atoms with Crippen LogP contribution in [0, 0.1) is 0 Å². The van der Waals surface area contributed by atoms with E-state index in [4.69, 9.17) is 0 Å². The van der Waals surface area contributed by atoms with Crippen LogP contribution < -0.4 is 10.2 Å². The molecule has 0 aliphatic carbocycles. The van der Waals surface area contributed by atoms with Crippen LogP contribution >= 0.6 is 0 Å². The predicted molar refractivity (Wildman–Crippen MR) is 102 cm³/mol. The number of aliphatic hydroxyl groups is 1. The number of anilines is 2. The molecule has 1 unspecified atom stereocenters. The van der Waals surface area contributed by atoms with Crippen LogP contribution in [0.3, 0.4) is 0 Å². The lowest BCUT2D eigenvalue weighted by atomic mass is 9.97. The highest BCUT2D eigenvalue weighted by molar-refractivity contribution is 5.93. The second kappa shape index (κ2) is 7.65. The number of nitrogens with zero attached hydrogens (tertiary/aromatic N) is 2. The molecule has 2 aliphatic heterocycles. The Labute approximate surface area is 151 Å². The lowest BCUT2D eigenvalue weighted by Crippen LogP contribution is -2.49. The Morgan fingerprint density at radius 1 is 1.08 bits per heavy atom. The molecular weight excluding hydrogens is 314 g/mol. The van der Waals surface area contributed by atoms with Crippen LogP contribution in [0.25, 0.3) is 0 Å². The molecule has 3 rings (SSSR count). The van der Waals surface area contributed by atoms with Gasteiger partial charge in [-0.15, -0.1) is 0 Å². The van der Waals surface area contributed by atoms with Gasteiger partial charge in [0.1, 0.15) is 0 Å². The van der Waals surface area contributed by atoms with Gasteiger partial charge in [-0.25, -0.2) is 4.79 Å². The summed E-state index contributed by atoms with van der Waals surface area (Å²) < 4.78 is 0. The number of amides is 2. The highest BCUT2D eigenvalue weighted by Crippen LogP contribution is 2.31. The summed E-state index contributed by atoms with van der Waals surface area (Å²) >= 11 is 0. The van der Waals surface area contributed by atoms with E-state index in [-0.39, 0.29) is 12.1 Å². The normalized spacial score (nSPS) is 22.0. The zero-order chi connectivity index (χ0) is 17.9. The second-order valence-electron chi connectivity index (χ2n) is 7.85. The number of likely N-dealkylation sites (tertiary alicyclic amines) is 1. The first-order valence-electron chi connectivity index (χ1n) is 9.61. The standard InChI is InChI=1S/C20H31N3O2/c1-20(2,25)18-12-9-15-23(18)19(24)21-16-10-5-6-11-17(16)22-13-7-3-4-8-14-22/h5-6,10-11,18,25H,3-4,7-9,12-15H2,1-2H3,(H,21,24). The zero-order valence-electron chi connectivity index (χ0n) is 15.5. The molecule has 2 fully saturated rings. The lowest BCUT2D eigenvalue weighted by Gasteiger charge is -2.34. The van der Waals surface area contributed by atoms with Crippen molar-refractivity contribution in [3.63, 3.8) is 0 Å². The monoisotopic (exact) mass is 345 g/mol. The van der Waals surface area contributed by atoms with Crippen molar-refractivity contribution in [3.05, 3.63) is 24.3 Å². The second-order valence-corrected chi connectivity index (χ2v) is 7.85. The predicted octanol–water partition coefficient (Wildman–Crippen LogP) is 3.83. The van der Waals surface area contributed by atoms with Gasteiger partial charge in [-0.1, -0.05) is 25.0 Å². The van der Waals surface area contributed by atoms with Gasteiger partial charge in [-0.05, 0) is 51.7 Å². The Morgan fingerprint density at radius 3 is 2.44 bits per heavy atom. The van der Waals surface area contributed by atoms with Gasteiger partial charge in [0.25, 0.3) is 0 Å². The first kappa shape index (κ1) is 18.1. The van der Waals surface area contributed by atoms with Gasteiger partial charge in [0.05, 0.1) is 23.0 Å². The molecule has 1 aromatic rings. The Balaban J connectivity index is 1.75. The average molecular weight is 345 g/mol. The van der Waals surface area contributed by atoms with Crippen molar-refractivity contribution in [3.8, 4) is 0 Å². The zero-order valence-corrected chi connectivity index (χ0v) is 15.5. The Morgan fingerprint density at radius 2 is 1.76 bits per heavy atom. The maximum Gasteiger partial charge on any atom is 0.322 e. The summed E-state index contributed by atoms with van der Waals surface area (Å²) in [5.74, 6) is 0. The third-order valence-electron chi connectivity index (χ3n) is 5.42. The maximum atomic E-state index is 12.9. The van der Waals surface area contributed by atoms with E-state index in [1.54, 1.807) is 18.7 Å². The molecule has 2 amide bonds. The number of hydrogen-bond donors (Lipinski definition) is 2. The van der Waals surface area contributed by atoms with Gasteiger partial charge in [0.2, 0.25) is 0 Å². The average Bonchev–Trinajstić information content (AvgIpc) is 2.93. The van der Waals surface area contributed by atoms with E-state index >= 15 is 0 Å². The molecule has 138 valence electrons. The van der Waals surface area contributed by atoms with Crippen molar-refractivity contribution in [1.82, 2.24) is 4.90 Å². The summed E-state index contributed by atoms with van der Waals surface area (Å²) in [6, 6.07) is 7.84. The van der Waals surface area contributed by atoms with E-state index in [9.17, 15) is 9.90 Å². The van der Waals surface area contributed by atoms with Gasteiger partial charge in [0.15, 0.2) is 0 Å². The Kier molecular flexibility index (Phi) is 5.52. The minimum Gasteiger partial charge on any atom is -0.388 e. The summed E-state index contributed by atoms with van der Waals surface area (Å²) in [7, 11) is 0. The topological polar surface area (TPSA) is 55.8 Å². The molecular formula is C20H31N3O2. The molecule has 0 spiro atoms. The molecule has 0 bridgehead atoms. The van der Waals surface area contributed by atoms with Gasteiger partial charge in [-0.3, -0.25) is 0 Å². The number of carbonyl (C=O) groups is 1. The van der Waals surface area contributed by atoms with Crippen molar-refractivity contribution >= 4 is 17.4 Å². The summed E-state index contributed by atoms with van der Waals surface area (Å²) in [5.41, 5.74) is 1.10. The number of urea groups is 1. The van der Waals surface area contributed by atoms with Crippen LogP contribution in [0.4, 0.5) is 16.2 Å². The highest BCUT2D eigenvalue weighted by Gasteiger charge is 2.38. The summed E-state index contributed by atoms with van der Waals surface area (Å²) in [6.07, 6.45) is 6.77. The smallest absolute Gasteiger partial charge is 0.322 e. The lowest BCUT2D eigenvalue weighted by molar-refractivity contribution is 0.0117. The van der Waals surface area contributed by atoms with Gasteiger partial charge >= 0.3 is 6.03 Å². The van der Waals surface area contributed by atoms with Crippen LogP contribution in [-0.2, 0) is 0 Å². The van der Waals surface area contributed by atoms with E-state index in [0.29, 0.717) is 6.54 Å². The SMILES string of the molecule is CC(C)(O)C1CCCN1C(=O)Nc1ccccc1N1CCCCCC1. The number of nitrogens with one attached hydrogen (secondary N) is 1. The van der Waals surface area contributed by atoms with E-state index in [1.165, 1.54) is 25.7 Å². The Hall–Kier alpha value is -1.75. The number of benzene rings is 1.